The van der Waals surface area contributed by atoms with Gasteiger partial charge in [0.2, 0.25) is 5.91 Å². The number of rotatable bonds is 5. The molecule has 1 atom stereocenters. The number of likely N-dealkylation sites (N-methyl/N-ethyl adjacent to an activating group) is 1. The van der Waals surface area contributed by atoms with Crippen LogP contribution in [0.4, 0.5) is 0 Å². The van der Waals surface area contributed by atoms with Crippen molar-refractivity contribution in [2.24, 2.45) is 0 Å². The molecule has 0 saturated heterocycles. The lowest BCUT2D eigenvalue weighted by Gasteiger charge is -2.27. The molecule has 3 nitrogen and oxygen atoms in total. The van der Waals surface area contributed by atoms with E-state index in [0.717, 1.165) is 29.6 Å². The summed E-state index contributed by atoms with van der Waals surface area (Å²) in [6.45, 7) is 1.22. The summed E-state index contributed by atoms with van der Waals surface area (Å²) in [5, 5.41) is 3.21. The minimum absolute atomic E-state index is 0.102. The monoisotopic (exact) mass is 392 g/mol. The van der Waals surface area contributed by atoms with E-state index in [2.05, 4.69) is 56.5 Å². The molecule has 1 aromatic carbocycles. The van der Waals surface area contributed by atoms with Gasteiger partial charge in [-0.25, -0.2) is 0 Å². The van der Waals surface area contributed by atoms with Gasteiger partial charge in [-0.1, -0.05) is 24.3 Å². The lowest BCUT2D eigenvalue weighted by atomic mass is 9.88. The Morgan fingerprint density at radius 3 is 2.96 bits per heavy atom. The van der Waals surface area contributed by atoms with E-state index in [1.54, 1.807) is 11.3 Å². The Kier molecular flexibility index (Phi) is 5.51. The molecule has 0 saturated carbocycles. The maximum atomic E-state index is 12.4. The van der Waals surface area contributed by atoms with Gasteiger partial charge in [0.05, 0.1) is 16.4 Å². The molecule has 1 aliphatic rings. The highest BCUT2D eigenvalue weighted by molar-refractivity contribution is 9.11. The SMILES string of the molecule is CN(CC(=O)NC1CCCc2ccccc21)Cc1ccc(Br)s1. The molecule has 0 spiro atoms. The van der Waals surface area contributed by atoms with Gasteiger partial charge in [-0.3, -0.25) is 9.69 Å². The van der Waals surface area contributed by atoms with Crippen molar-refractivity contribution in [3.05, 3.63) is 56.2 Å². The van der Waals surface area contributed by atoms with E-state index in [1.807, 2.05) is 13.1 Å². The van der Waals surface area contributed by atoms with Gasteiger partial charge >= 0.3 is 0 Å². The van der Waals surface area contributed by atoms with Gasteiger partial charge in [0, 0.05) is 11.4 Å². The highest BCUT2D eigenvalue weighted by Gasteiger charge is 2.21. The molecule has 1 heterocycles. The molecule has 1 amide bonds. The van der Waals surface area contributed by atoms with Gasteiger partial charge in [0.25, 0.3) is 0 Å². The smallest absolute Gasteiger partial charge is 0.234 e. The zero-order valence-corrected chi connectivity index (χ0v) is 15.6. The average Bonchev–Trinajstić information content (AvgIpc) is 2.92. The van der Waals surface area contributed by atoms with Crippen molar-refractivity contribution >= 4 is 33.2 Å². The fraction of sp³-hybridized carbons (Fsp3) is 0.389. The van der Waals surface area contributed by atoms with Crippen LogP contribution >= 0.6 is 27.3 Å². The zero-order chi connectivity index (χ0) is 16.2. The maximum absolute atomic E-state index is 12.4. The molecule has 2 aromatic rings. The van der Waals surface area contributed by atoms with Crippen LogP contribution in [0, 0.1) is 0 Å². The fourth-order valence-corrected chi connectivity index (χ4v) is 4.71. The quantitative estimate of drug-likeness (QED) is 0.828. The van der Waals surface area contributed by atoms with E-state index < -0.39 is 0 Å². The van der Waals surface area contributed by atoms with Crippen LogP contribution in [-0.4, -0.2) is 24.4 Å². The first kappa shape index (κ1) is 16.7. The topological polar surface area (TPSA) is 32.3 Å². The first-order valence-electron chi connectivity index (χ1n) is 7.92. The molecule has 0 bridgehead atoms. The van der Waals surface area contributed by atoms with Crippen molar-refractivity contribution < 1.29 is 4.79 Å². The Hall–Kier alpha value is -1.17. The predicted molar refractivity (Wildman–Crippen MR) is 98.6 cm³/mol. The van der Waals surface area contributed by atoms with Crippen LogP contribution in [0.2, 0.25) is 0 Å². The molecule has 1 unspecified atom stereocenters. The van der Waals surface area contributed by atoms with Crippen molar-refractivity contribution in [1.82, 2.24) is 10.2 Å². The highest BCUT2D eigenvalue weighted by atomic mass is 79.9. The zero-order valence-electron chi connectivity index (χ0n) is 13.2. The second-order valence-electron chi connectivity index (χ2n) is 6.09. The fourth-order valence-electron chi connectivity index (χ4n) is 3.15. The van der Waals surface area contributed by atoms with Crippen LogP contribution in [0.1, 0.15) is 34.9 Å². The van der Waals surface area contributed by atoms with Crippen molar-refractivity contribution in [1.29, 1.82) is 0 Å². The van der Waals surface area contributed by atoms with Gasteiger partial charge in [0.1, 0.15) is 0 Å². The standard InChI is InChI=1S/C18H21BrN2OS/c1-21(11-14-9-10-17(19)23-14)12-18(22)20-16-8-4-6-13-5-2-3-7-15(13)16/h2-3,5,7,9-10,16H,4,6,8,11-12H2,1H3,(H,20,22). The van der Waals surface area contributed by atoms with E-state index in [4.69, 9.17) is 0 Å². The lowest BCUT2D eigenvalue weighted by Crippen LogP contribution is -2.38. The molecule has 122 valence electrons. The number of benzene rings is 1. The van der Waals surface area contributed by atoms with Crippen LogP contribution in [0.15, 0.2) is 40.2 Å². The van der Waals surface area contributed by atoms with E-state index in [9.17, 15) is 4.79 Å². The van der Waals surface area contributed by atoms with E-state index >= 15 is 0 Å². The van der Waals surface area contributed by atoms with Crippen LogP contribution < -0.4 is 5.32 Å². The Bertz CT molecular complexity index is 685. The van der Waals surface area contributed by atoms with Crippen molar-refractivity contribution in [2.75, 3.05) is 13.6 Å². The normalized spacial score (nSPS) is 17.1. The van der Waals surface area contributed by atoms with Crippen molar-refractivity contribution in [3.63, 3.8) is 0 Å². The van der Waals surface area contributed by atoms with E-state index in [0.29, 0.717) is 6.54 Å². The molecule has 23 heavy (non-hydrogen) atoms. The number of nitrogens with zero attached hydrogens (tertiary/aromatic N) is 1. The number of halogens is 1. The highest BCUT2D eigenvalue weighted by Crippen LogP contribution is 2.29. The second-order valence-corrected chi connectivity index (χ2v) is 8.64. The van der Waals surface area contributed by atoms with Crippen LogP contribution in [0.25, 0.3) is 0 Å². The van der Waals surface area contributed by atoms with Gasteiger partial charge < -0.3 is 5.32 Å². The molecular formula is C18H21BrN2OS. The number of amides is 1. The van der Waals surface area contributed by atoms with Gasteiger partial charge in [-0.2, -0.15) is 0 Å². The maximum Gasteiger partial charge on any atom is 0.234 e. The largest absolute Gasteiger partial charge is 0.348 e. The second kappa shape index (κ2) is 7.60. The molecule has 1 aromatic heterocycles. The number of nitrogens with one attached hydrogen (secondary N) is 1. The Balaban J connectivity index is 1.55. The minimum Gasteiger partial charge on any atom is -0.348 e. The summed E-state index contributed by atoms with van der Waals surface area (Å²) in [6.07, 6.45) is 3.29. The number of carbonyl (C=O) groups excluding carboxylic acids is 1. The molecule has 5 heteroatoms. The number of thiophene rings is 1. The minimum atomic E-state index is 0.102. The molecule has 0 fully saturated rings. The number of hydrogen-bond donors (Lipinski definition) is 1. The summed E-state index contributed by atoms with van der Waals surface area (Å²) in [7, 11) is 1.99. The van der Waals surface area contributed by atoms with Crippen molar-refractivity contribution in [2.45, 2.75) is 31.8 Å². The van der Waals surface area contributed by atoms with Crippen LogP contribution in [-0.2, 0) is 17.8 Å². The van der Waals surface area contributed by atoms with E-state index in [1.165, 1.54) is 16.0 Å². The third-order valence-electron chi connectivity index (χ3n) is 4.17. The van der Waals surface area contributed by atoms with Crippen LogP contribution in [0.5, 0.6) is 0 Å². The summed E-state index contributed by atoms with van der Waals surface area (Å²) in [5.74, 6) is 0.102. The van der Waals surface area contributed by atoms with Crippen LogP contribution in [0.3, 0.4) is 0 Å². The summed E-state index contributed by atoms with van der Waals surface area (Å²) >= 11 is 5.19. The Morgan fingerprint density at radius 2 is 2.17 bits per heavy atom. The third kappa shape index (κ3) is 4.43. The van der Waals surface area contributed by atoms with Gasteiger partial charge in [-0.15, -0.1) is 11.3 Å². The van der Waals surface area contributed by atoms with E-state index in [-0.39, 0.29) is 11.9 Å². The molecular weight excluding hydrogens is 372 g/mol. The third-order valence-corrected chi connectivity index (χ3v) is 5.78. The summed E-state index contributed by atoms with van der Waals surface area (Å²) < 4.78 is 1.13. The van der Waals surface area contributed by atoms with Gasteiger partial charge in [-0.05, 0) is 65.5 Å². The molecule has 0 radical (unpaired) electrons. The van der Waals surface area contributed by atoms with Gasteiger partial charge in [0.15, 0.2) is 0 Å². The summed E-state index contributed by atoms with van der Waals surface area (Å²) in [5.41, 5.74) is 2.66. The Morgan fingerprint density at radius 1 is 1.35 bits per heavy atom. The average molecular weight is 393 g/mol. The molecule has 0 aliphatic heterocycles. The molecule has 1 aliphatic carbocycles. The van der Waals surface area contributed by atoms with Crippen molar-refractivity contribution in [3.8, 4) is 0 Å². The number of aryl methyl sites for hydroxylation is 1. The number of carbonyl (C=O) groups is 1. The summed E-state index contributed by atoms with van der Waals surface area (Å²) in [6, 6.07) is 12.8. The Labute approximate surface area is 149 Å². The first-order valence-corrected chi connectivity index (χ1v) is 9.52. The first-order chi connectivity index (χ1) is 11.1. The molecule has 3 rings (SSSR count). The lowest BCUT2D eigenvalue weighted by molar-refractivity contribution is -0.122. The number of fused-ring (bicyclic) bond motifs is 1. The number of hydrogen-bond acceptors (Lipinski definition) is 3. The predicted octanol–water partition coefficient (Wildman–Crippen LogP) is 4.14. The molecule has 1 N–H and O–H groups in total. The summed E-state index contributed by atoms with van der Waals surface area (Å²) in [4.78, 5) is 15.7.